The number of imidazole rings is 1. The number of rotatable bonds is 1. The number of fused-ring (bicyclic) bond motifs is 1. The summed E-state index contributed by atoms with van der Waals surface area (Å²) in [6, 6.07) is 8.98. The Morgan fingerprint density at radius 2 is 1.94 bits per heavy atom. The molecule has 1 N–H and O–H groups in total. The summed E-state index contributed by atoms with van der Waals surface area (Å²) in [5.41, 5.74) is 1.83. The molecule has 18 heavy (non-hydrogen) atoms. The molecule has 0 radical (unpaired) electrons. The highest BCUT2D eigenvalue weighted by molar-refractivity contribution is 9.10. The SMILES string of the molecule is Fc1ccc2nc(-c3cccc(F)c3Br)[nH]c2c1. The number of hydrogen-bond acceptors (Lipinski definition) is 1. The Bertz CT molecular complexity index is 737. The molecule has 0 atom stereocenters. The van der Waals surface area contributed by atoms with Crippen molar-refractivity contribution in [3.8, 4) is 11.4 Å². The lowest BCUT2D eigenvalue weighted by Crippen LogP contribution is -1.85. The Kier molecular flexibility index (Phi) is 2.63. The second kappa shape index (κ2) is 4.17. The molecule has 3 rings (SSSR count). The van der Waals surface area contributed by atoms with E-state index < -0.39 is 0 Å². The molecule has 0 spiro atoms. The minimum atomic E-state index is -0.362. The first-order chi connectivity index (χ1) is 8.65. The van der Waals surface area contributed by atoms with Gasteiger partial charge in [-0.15, -0.1) is 0 Å². The molecular weight excluding hydrogens is 302 g/mol. The summed E-state index contributed by atoms with van der Waals surface area (Å²) in [5, 5.41) is 0. The van der Waals surface area contributed by atoms with Gasteiger partial charge in [-0.1, -0.05) is 6.07 Å². The van der Waals surface area contributed by atoms with Crippen molar-refractivity contribution in [3.63, 3.8) is 0 Å². The van der Waals surface area contributed by atoms with Crippen LogP contribution in [0.3, 0.4) is 0 Å². The summed E-state index contributed by atoms with van der Waals surface area (Å²) in [6.45, 7) is 0. The van der Waals surface area contributed by atoms with E-state index in [9.17, 15) is 8.78 Å². The zero-order chi connectivity index (χ0) is 12.7. The van der Waals surface area contributed by atoms with Gasteiger partial charge >= 0.3 is 0 Å². The quantitative estimate of drug-likeness (QED) is 0.714. The Balaban J connectivity index is 2.22. The summed E-state index contributed by atoms with van der Waals surface area (Å²) < 4.78 is 26.8. The van der Waals surface area contributed by atoms with E-state index in [2.05, 4.69) is 25.9 Å². The van der Waals surface area contributed by atoms with Crippen LogP contribution in [0.25, 0.3) is 22.4 Å². The topological polar surface area (TPSA) is 28.7 Å². The average Bonchev–Trinajstić information content (AvgIpc) is 2.75. The zero-order valence-corrected chi connectivity index (χ0v) is 10.6. The molecule has 0 bridgehead atoms. The zero-order valence-electron chi connectivity index (χ0n) is 9.05. The first kappa shape index (κ1) is 11.3. The fourth-order valence-electron chi connectivity index (χ4n) is 1.80. The number of halogens is 3. The van der Waals surface area contributed by atoms with Gasteiger partial charge in [-0.25, -0.2) is 13.8 Å². The summed E-state index contributed by atoms with van der Waals surface area (Å²) in [5.74, 6) is -0.197. The van der Waals surface area contributed by atoms with Gasteiger partial charge in [0.1, 0.15) is 17.5 Å². The van der Waals surface area contributed by atoms with Crippen molar-refractivity contribution >= 4 is 27.0 Å². The maximum atomic E-state index is 13.4. The molecule has 0 fully saturated rings. The maximum Gasteiger partial charge on any atom is 0.139 e. The largest absolute Gasteiger partial charge is 0.338 e. The van der Waals surface area contributed by atoms with Crippen LogP contribution in [-0.2, 0) is 0 Å². The molecule has 1 aromatic heterocycles. The molecule has 0 aliphatic rings. The monoisotopic (exact) mass is 308 g/mol. The van der Waals surface area contributed by atoms with Gasteiger partial charge in [0, 0.05) is 5.56 Å². The molecule has 0 aliphatic carbocycles. The number of aromatic nitrogens is 2. The lowest BCUT2D eigenvalue weighted by Gasteiger charge is -2.00. The van der Waals surface area contributed by atoms with E-state index in [4.69, 9.17) is 0 Å². The van der Waals surface area contributed by atoms with Crippen LogP contribution in [0.2, 0.25) is 0 Å². The average molecular weight is 309 g/mol. The first-order valence-corrected chi connectivity index (χ1v) is 6.04. The van der Waals surface area contributed by atoms with Crippen molar-refractivity contribution in [1.82, 2.24) is 9.97 Å². The molecule has 5 heteroatoms. The van der Waals surface area contributed by atoms with Crippen LogP contribution in [0.5, 0.6) is 0 Å². The Morgan fingerprint density at radius 1 is 1.11 bits per heavy atom. The van der Waals surface area contributed by atoms with Gasteiger partial charge in [-0.3, -0.25) is 0 Å². The van der Waals surface area contributed by atoms with E-state index in [0.29, 0.717) is 26.9 Å². The van der Waals surface area contributed by atoms with Crippen LogP contribution in [-0.4, -0.2) is 9.97 Å². The predicted molar refractivity (Wildman–Crippen MR) is 69.1 cm³/mol. The Hall–Kier alpha value is -1.75. The van der Waals surface area contributed by atoms with Crippen molar-refractivity contribution in [1.29, 1.82) is 0 Å². The fraction of sp³-hybridized carbons (Fsp3) is 0. The molecule has 0 amide bonds. The van der Waals surface area contributed by atoms with E-state index in [1.54, 1.807) is 18.2 Å². The minimum Gasteiger partial charge on any atom is -0.338 e. The smallest absolute Gasteiger partial charge is 0.139 e. The summed E-state index contributed by atoms with van der Waals surface area (Å²) in [4.78, 5) is 7.28. The van der Waals surface area contributed by atoms with Crippen LogP contribution in [0.4, 0.5) is 8.78 Å². The maximum absolute atomic E-state index is 13.4. The lowest BCUT2D eigenvalue weighted by molar-refractivity contribution is 0.621. The molecule has 1 heterocycles. The number of hydrogen-bond donors (Lipinski definition) is 1. The number of H-pyrrole nitrogens is 1. The number of benzene rings is 2. The molecule has 2 aromatic carbocycles. The summed E-state index contributed by atoms with van der Waals surface area (Å²) in [6.07, 6.45) is 0. The normalized spacial score (nSPS) is 11.1. The molecule has 0 aliphatic heterocycles. The molecule has 0 unspecified atom stereocenters. The van der Waals surface area contributed by atoms with Gasteiger partial charge in [0.25, 0.3) is 0 Å². The van der Waals surface area contributed by atoms with Gasteiger partial charge in [0.05, 0.1) is 15.5 Å². The van der Waals surface area contributed by atoms with Crippen LogP contribution in [0, 0.1) is 11.6 Å². The summed E-state index contributed by atoms with van der Waals surface area (Å²) >= 11 is 3.18. The highest BCUT2D eigenvalue weighted by Crippen LogP contribution is 2.29. The third-order valence-corrected chi connectivity index (χ3v) is 3.46. The van der Waals surface area contributed by atoms with E-state index in [-0.39, 0.29) is 11.6 Å². The minimum absolute atomic E-state index is 0.337. The molecule has 2 nitrogen and oxygen atoms in total. The van der Waals surface area contributed by atoms with Gasteiger partial charge in [0.2, 0.25) is 0 Å². The number of nitrogens with zero attached hydrogens (tertiary/aromatic N) is 1. The van der Waals surface area contributed by atoms with Crippen LogP contribution in [0.1, 0.15) is 0 Å². The predicted octanol–water partition coefficient (Wildman–Crippen LogP) is 4.27. The van der Waals surface area contributed by atoms with Crippen molar-refractivity contribution < 1.29 is 8.78 Å². The molecule has 0 saturated heterocycles. The lowest BCUT2D eigenvalue weighted by atomic mass is 10.2. The van der Waals surface area contributed by atoms with Crippen molar-refractivity contribution in [3.05, 3.63) is 52.5 Å². The summed E-state index contributed by atoms with van der Waals surface area (Å²) in [7, 11) is 0. The standard InChI is InChI=1S/C13H7BrF2N2/c14-12-8(2-1-3-9(12)16)13-17-10-5-4-7(15)6-11(10)18-13/h1-6H,(H,17,18). The Labute approximate surface area is 110 Å². The van der Waals surface area contributed by atoms with Crippen LogP contribution in [0.15, 0.2) is 40.9 Å². The van der Waals surface area contributed by atoms with Gasteiger partial charge in [-0.2, -0.15) is 0 Å². The first-order valence-electron chi connectivity index (χ1n) is 5.25. The van der Waals surface area contributed by atoms with Gasteiger partial charge < -0.3 is 4.98 Å². The third-order valence-electron chi connectivity index (χ3n) is 2.65. The second-order valence-electron chi connectivity index (χ2n) is 3.85. The van der Waals surface area contributed by atoms with E-state index in [1.807, 2.05) is 0 Å². The van der Waals surface area contributed by atoms with Gasteiger partial charge in [-0.05, 0) is 46.3 Å². The van der Waals surface area contributed by atoms with Crippen LogP contribution >= 0.6 is 15.9 Å². The highest BCUT2D eigenvalue weighted by atomic mass is 79.9. The highest BCUT2D eigenvalue weighted by Gasteiger charge is 2.11. The molecule has 3 aromatic rings. The fourth-order valence-corrected chi connectivity index (χ4v) is 2.25. The molecule has 0 saturated carbocycles. The molecular formula is C13H7BrF2N2. The second-order valence-corrected chi connectivity index (χ2v) is 4.64. The van der Waals surface area contributed by atoms with E-state index >= 15 is 0 Å². The Morgan fingerprint density at radius 3 is 2.78 bits per heavy atom. The van der Waals surface area contributed by atoms with Gasteiger partial charge in [0.15, 0.2) is 0 Å². The molecule has 90 valence electrons. The third kappa shape index (κ3) is 1.80. The van der Waals surface area contributed by atoms with E-state index in [1.165, 1.54) is 18.2 Å². The van der Waals surface area contributed by atoms with Crippen molar-refractivity contribution in [2.45, 2.75) is 0 Å². The van der Waals surface area contributed by atoms with Crippen molar-refractivity contribution in [2.24, 2.45) is 0 Å². The van der Waals surface area contributed by atoms with E-state index in [0.717, 1.165) is 0 Å². The number of nitrogens with one attached hydrogen (secondary N) is 1. The number of aromatic amines is 1. The van der Waals surface area contributed by atoms with Crippen molar-refractivity contribution in [2.75, 3.05) is 0 Å². The van der Waals surface area contributed by atoms with Crippen LogP contribution < -0.4 is 0 Å².